The maximum Gasteiger partial charge on any atom is 0.253 e. The van der Waals surface area contributed by atoms with Crippen LogP contribution in [0.25, 0.3) is 0 Å². The van der Waals surface area contributed by atoms with E-state index >= 15 is 0 Å². The average Bonchev–Trinajstić information content (AvgIpc) is 2.47. The second kappa shape index (κ2) is 7.03. The van der Waals surface area contributed by atoms with Gasteiger partial charge in [-0.1, -0.05) is 6.07 Å². The number of amides is 2. The van der Waals surface area contributed by atoms with Gasteiger partial charge in [0.1, 0.15) is 0 Å². The van der Waals surface area contributed by atoms with Crippen LogP contribution in [0.5, 0.6) is 0 Å². The van der Waals surface area contributed by atoms with Crippen molar-refractivity contribution >= 4 is 34.4 Å². The highest BCUT2D eigenvalue weighted by molar-refractivity contribution is 14.1. The summed E-state index contributed by atoms with van der Waals surface area (Å²) in [5, 5.41) is 2.62. The van der Waals surface area contributed by atoms with E-state index in [-0.39, 0.29) is 11.8 Å². The topological polar surface area (TPSA) is 52.7 Å². The highest BCUT2D eigenvalue weighted by atomic mass is 127. The third kappa shape index (κ3) is 3.92. The first-order valence-electron chi connectivity index (χ1n) is 6.58. The molecule has 1 aliphatic rings. The number of carbonyl (C=O) groups excluding carboxylic acids is 2. The lowest BCUT2D eigenvalue weighted by molar-refractivity contribution is -0.122. The van der Waals surface area contributed by atoms with Gasteiger partial charge in [-0.25, -0.2) is 0 Å². The molecule has 1 fully saturated rings. The molecule has 0 aliphatic carbocycles. The molecule has 2 rings (SSSR count). The summed E-state index contributed by atoms with van der Waals surface area (Å²) >= 11 is 2.21. The fraction of sp³-hybridized carbons (Fsp3) is 0.429. The van der Waals surface area contributed by atoms with E-state index in [1.165, 1.54) is 0 Å². The molecule has 0 bridgehead atoms. The summed E-state index contributed by atoms with van der Waals surface area (Å²) < 4.78 is 1.06. The predicted octanol–water partition coefficient (Wildman–Crippen LogP) is 0.795. The molecular formula is C14H18IN3O2. The van der Waals surface area contributed by atoms with Crippen LogP contribution in [0.3, 0.4) is 0 Å². The summed E-state index contributed by atoms with van der Waals surface area (Å²) in [6.45, 7) is 3.22. The van der Waals surface area contributed by atoms with Crippen LogP contribution in [0.1, 0.15) is 10.4 Å². The molecule has 6 heteroatoms. The zero-order chi connectivity index (χ0) is 14.5. The molecule has 1 saturated heterocycles. The van der Waals surface area contributed by atoms with Crippen molar-refractivity contribution in [3.63, 3.8) is 0 Å². The van der Waals surface area contributed by atoms with Gasteiger partial charge in [0.15, 0.2) is 0 Å². The van der Waals surface area contributed by atoms with E-state index in [4.69, 9.17) is 0 Å². The minimum atomic E-state index is 0.0161. The van der Waals surface area contributed by atoms with Crippen LogP contribution >= 0.6 is 22.6 Å². The number of piperazine rings is 1. The van der Waals surface area contributed by atoms with Crippen LogP contribution in [0.15, 0.2) is 24.3 Å². The van der Waals surface area contributed by atoms with Gasteiger partial charge in [0, 0.05) is 42.4 Å². The first-order chi connectivity index (χ1) is 9.60. The smallest absolute Gasteiger partial charge is 0.253 e. The second-order valence-electron chi connectivity index (χ2n) is 4.75. The van der Waals surface area contributed by atoms with E-state index in [1.807, 2.05) is 29.2 Å². The molecular weight excluding hydrogens is 369 g/mol. The molecule has 0 saturated carbocycles. The van der Waals surface area contributed by atoms with E-state index in [2.05, 4.69) is 32.8 Å². The van der Waals surface area contributed by atoms with E-state index in [1.54, 1.807) is 7.05 Å². The molecule has 108 valence electrons. The van der Waals surface area contributed by atoms with Crippen molar-refractivity contribution in [2.45, 2.75) is 0 Å². The number of halogens is 1. The van der Waals surface area contributed by atoms with E-state index < -0.39 is 0 Å². The Morgan fingerprint density at radius 3 is 2.55 bits per heavy atom. The first-order valence-corrected chi connectivity index (χ1v) is 7.66. The maximum atomic E-state index is 12.4. The number of likely N-dealkylation sites (N-methyl/N-ethyl adjacent to an activating group) is 1. The van der Waals surface area contributed by atoms with Crippen LogP contribution in [-0.2, 0) is 4.79 Å². The van der Waals surface area contributed by atoms with Crippen molar-refractivity contribution in [2.75, 3.05) is 39.8 Å². The molecule has 0 aromatic heterocycles. The van der Waals surface area contributed by atoms with Gasteiger partial charge in [-0.05, 0) is 40.8 Å². The van der Waals surface area contributed by atoms with Crippen molar-refractivity contribution in [3.05, 3.63) is 33.4 Å². The van der Waals surface area contributed by atoms with Crippen LogP contribution in [0.2, 0.25) is 0 Å². The van der Waals surface area contributed by atoms with Crippen molar-refractivity contribution < 1.29 is 9.59 Å². The maximum absolute atomic E-state index is 12.4. The summed E-state index contributed by atoms with van der Waals surface area (Å²) in [6, 6.07) is 7.62. The molecule has 1 heterocycles. The van der Waals surface area contributed by atoms with Crippen molar-refractivity contribution in [2.24, 2.45) is 0 Å². The third-order valence-corrected chi connectivity index (χ3v) is 4.05. The Morgan fingerprint density at radius 1 is 1.25 bits per heavy atom. The van der Waals surface area contributed by atoms with Gasteiger partial charge in [-0.15, -0.1) is 0 Å². The van der Waals surface area contributed by atoms with Crippen molar-refractivity contribution in [1.29, 1.82) is 0 Å². The lowest BCUT2D eigenvalue weighted by atomic mass is 10.2. The molecule has 0 atom stereocenters. The molecule has 20 heavy (non-hydrogen) atoms. The van der Waals surface area contributed by atoms with E-state index in [0.717, 1.165) is 22.2 Å². The van der Waals surface area contributed by atoms with Crippen LogP contribution in [0.4, 0.5) is 0 Å². The number of rotatable bonds is 3. The minimum Gasteiger partial charge on any atom is -0.358 e. The average molecular weight is 387 g/mol. The van der Waals surface area contributed by atoms with E-state index in [9.17, 15) is 9.59 Å². The van der Waals surface area contributed by atoms with E-state index in [0.29, 0.717) is 19.6 Å². The molecule has 0 radical (unpaired) electrons. The molecule has 1 aromatic carbocycles. The Hall–Kier alpha value is -1.15. The summed E-state index contributed by atoms with van der Waals surface area (Å²) in [5.41, 5.74) is 0.733. The Labute approximate surface area is 132 Å². The fourth-order valence-electron chi connectivity index (χ4n) is 2.20. The highest BCUT2D eigenvalue weighted by Gasteiger charge is 2.23. The number of hydrogen-bond donors (Lipinski definition) is 1. The Kier molecular flexibility index (Phi) is 5.36. The van der Waals surface area contributed by atoms with Gasteiger partial charge >= 0.3 is 0 Å². The van der Waals surface area contributed by atoms with Crippen LogP contribution in [0, 0.1) is 3.57 Å². The van der Waals surface area contributed by atoms with Gasteiger partial charge in [-0.3, -0.25) is 14.5 Å². The largest absolute Gasteiger partial charge is 0.358 e. The summed E-state index contributed by atoms with van der Waals surface area (Å²) in [4.78, 5) is 27.6. The summed E-state index contributed by atoms with van der Waals surface area (Å²) in [6.07, 6.45) is 0. The molecule has 0 spiro atoms. The highest BCUT2D eigenvalue weighted by Crippen LogP contribution is 2.12. The number of hydrogen-bond acceptors (Lipinski definition) is 3. The molecule has 5 nitrogen and oxygen atoms in total. The van der Waals surface area contributed by atoms with Crippen molar-refractivity contribution in [3.8, 4) is 0 Å². The number of nitrogens with one attached hydrogen (secondary N) is 1. The van der Waals surface area contributed by atoms with Gasteiger partial charge in [0.2, 0.25) is 5.91 Å². The molecule has 1 N–H and O–H groups in total. The third-order valence-electron chi connectivity index (χ3n) is 3.38. The number of carbonyl (C=O) groups is 2. The van der Waals surface area contributed by atoms with Gasteiger partial charge in [0.05, 0.1) is 6.54 Å². The second-order valence-corrected chi connectivity index (χ2v) is 6.00. The molecule has 1 aliphatic heterocycles. The Balaban J connectivity index is 1.90. The summed E-state index contributed by atoms with van der Waals surface area (Å²) in [7, 11) is 1.64. The lowest BCUT2D eigenvalue weighted by Crippen LogP contribution is -2.50. The molecule has 2 amide bonds. The Bertz CT molecular complexity index is 499. The zero-order valence-electron chi connectivity index (χ0n) is 11.4. The van der Waals surface area contributed by atoms with Crippen molar-refractivity contribution in [1.82, 2.24) is 15.1 Å². The predicted molar refractivity (Wildman–Crippen MR) is 85.6 cm³/mol. The normalized spacial score (nSPS) is 16.0. The summed E-state index contributed by atoms with van der Waals surface area (Å²) in [5.74, 6) is 0.0884. The standard InChI is InChI=1S/C14H18IN3O2/c1-16-13(19)10-17-5-7-18(8-6-17)14(20)11-3-2-4-12(15)9-11/h2-4,9H,5-8,10H2,1H3,(H,16,19). The van der Waals surface area contributed by atoms with Gasteiger partial charge in [0.25, 0.3) is 5.91 Å². The van der Waals surface area contributed by atoms with Crippen LogP contribution in [-0.4, -0.2) is 61.4 Å². The minimum absolute atomic E-state index is 0.0161. The lowest BCUT2D eigenvalue weighted by Gasteiger charge is -2.34. The fourth-order valence-corrected chi connectivity index (χ4v) is 2.74. The molecule has 1 aromatic rings. The number of nitrogens with zero attached hydrogens (tertiary/aromatic N) is 2. The zero-order valence-corrected chi connectivity index (χ0v) is 13.6. The van der Waals surface area contributed by atoms with Crippen LogP contribution < -0.4 is 5.32 Å². The number of benzene rings is 1. The Morgan fingerprint density at radius 2 is 1.95 bits per heavy atom. The molecule has 0 unspecified atom stereocenters. The first kappa shape index (κ1) is 15.2. The quantitative estimate of drug-likeness (QED) is 0.781. The van der Waals surface area contributed by atoms with Gasteiger partial charge < -0.3 is 10.2 Å². The monoisotopic (exact) mass is 387 g/mol. The van der Waals surface area contributed by atoms with Gasteiger partial charge in [-0.2, -0.15) is 0 Å². The SMILES string of the molecule is CNC(=O)CN1CCN(C(=O)c2cccc(I)c2)CC1.